The molecule has 5 heteroatoms. The first-order chi connectivity index (χ1) is 8.49. The van der Waals surface area contributed by atoms with Crippen molar-refractivity contribution in [3.8, 4) is 11.3 Å². The van der Waals surface area contributed by atoms with E-state index in [1.165, 1.54) is 5.56 Å². The number of hydrogen-bond acceptors (Lipinski definition) is 3. The molecule has 0 amide bonds. The fraction of sp³-hybridized carbons (Fsp3) is 0.231. The molecule has 0 aliphatic carbocycles. The molecule has 1 unspecified atom stereocenters. The second-order valence-electron chi connectivity index (χ2n) is 4.32. The van der Waals surface area contributed by atoms with Crippen LogP contribution < -0.4 is 5.73 Å². The fourth-order valence-corrected chi connectivity index (χ4v) is 1.86. The lowest BCUT2D eigenvalue weighted by molar-refractivity contribution is -0.138. The molecule has 18 heavy (non-hydrogen) atoms. The predicted molar refractivity (Wildman–Crippen MR) is 68.1 cm³/mol. The Labute approximate surface area is 105 Å². The molecule has 1 atom stereocenters. The van der Waals surface area contributed by atoms with Gasteiger partial charge in [0.2, 0.25) is 0 Å². The summed E-state index contributed by atoms with van der Waals surface area (Å²) in [4.78, 5) is 17.7. The number of aromatic nitrogens is 2. The molecule has 0 bridgehead atoms. The lowest BCUT2D eigenvalue weighted by atomic mass is 10.0. The third-order valence-electron chi connectivity index (χ3n) is 2.83. The summed E-state index contributed by atoms with van der Waals surface area (Å²) in [7, 11) is 0. The zero-order valence-electron chi connectivity index (χ0n) is 10.3. The number of nitrogens with one attached hydrogen (secondary N) is 1. The third-order valence-corrected chi connectivity index (χ3v) is 2.83. The van der Waals surface area contributed by atoms with Crippen molar-refractivity contribution in [2.75, 3.05) is 0 Å². The molecule has 0 radical (unpaired) electrons. The van der Waals surface area contributed by atoms with E-state index >= 15 is 0 Å². The van der Waals surface area contributed by atoms with Crippen molar-refractivity contribution >= 4 is 5.97 Å². The molecular weight excluding hydrogens is 230 g/mol. The van der Waals surface area contributed by atoms with E-state index in [1.807, 2.05) is 26.0 Å². The summed E-state index contributed by atoms with van der Waals surface area (Å²) < 4.78 is 0. The number of aryl methyl sites for hydroxylation is 2. The van der Waals surface area contributed by atoms with Gasteiger partial charge in [-0.3, -0.25) is 4.79 Å². The summed E-state index contributed by atoms with van der Waals surface area (Å²) in [5, 5.41) is 8.82. The van der Waals surface area contributed by atoms with Crippen molar-refractivity contribution in [1.82, 2.24) is 9.97 Å². The smallest absolute Gasteiger partial charge is 0.328 e. The molecule has 0 saturated carbocycles. The van der Waals surface area contributed by atoms with Crippen LogP contribution in [0.2, 0.25) is 0 Å². The Hall–Kier alpha value is -2.14. The zero-order valence-corrected chi connectivity index (χ0v) is 10.3. The van der Waals surface area contributed by atoms with Crippen LogP contribution in [0.5, 0.6) is 0 Å². The first kappa shape index (κ1) is 12.3. The number of carboxylic acid groups (broad SMARTS) is 1. The molecular formula is C13H15N3O2. The molecule has 0 saturated heterocycles. The third kappa shape index (κ3) is 2.26. The van der Waals surface area contributed by atoms with Gasteiger partial charge in [-0.05, 0) is 19.4 Å². The van der Waals surface area contributed by atoms with Gasteiger partial charge in [0.1, 0.15) is 5.82 Å². The molecule has 0 aliphatic rings. The normalized spacial score (nSPS) is 12.4. The van der Waals surface area contributed by atoms with Gasteiger partial charge in [0.25, 0.3) is 0 Å². The van der Waals surface area contributed by atoms with Crippen LogP contribution in [0.25, 0.3) is 11.3 Å². The van der Waals surface area contributed by atoms with Gasteiger partial charge in [0.15, 0.2) is 6.04 Å². The maximum absolute atomic E-state index is 10.8. The average Bonchev–Trinajstić information content (AvgIpc) is 2.77. The van der Waals surface area contributed by atoms with Gasteiger partial charge in [-0.25, -0.2) is 4.98 Å². The Morgan fingerprint density at radius 2 is 2.17 bits per heavy atom. The maximum atomic E-state index is 10.8. The van der Waals surface area contributed by atoms with E-state index in [2.05, 4.69) is 16.0 Å². The highest BCUT2D eigenvalue weighted by Crippen LogP contribution is 2.23. The van der Waals surface area contributed by atoms with Crippen molar-refractivity contribution < 1.29 is 9.90 Å². The van der Waals surface area contributed by atoms with E-state index in [0.29, 0.717) is 0 Å². The molecule has 2 aromatic rings. The monoisotopic (exact) mass is 245 g/mol. The number of nitrogens with two attached hydrogens (primary N) is 1. The predicted octanol–water partition coefficient (Wildman–Crippen LogP) is 1.78. The fourth-order valence-electron chi connectivity index (χ4n) is 1.86. The van der Waals surface area contributed by atoms with Gasteiger partial charge in [0.05, 0.1) is 11.9 Å². The highest BCUT2D eigenvalue weighted by atomic mass is 16.4. The van der Waals surface area contributed by atoms with Crippen LogP contribution in [0.4, 0.5) is 0 Å². The number of benzene rings is 1. The van der Waals surface area contributed by atoms with Crippen molar-refractivity contribution in [2.45, 2.75) is 19.9 Å². The number of hydrogen-bond donors (Lipinski definition) is 3. The number of rotatable bonds is 3. The second kappa shape index (κ2) is 4.62. The van der Waals surface area contributed by atoms with Gasteiger partial charge < -0.3 is 15.8 Å². The summed E-state index contributed by atoms with van der Waals surface area (Å²) in [6.07, 6.45) is 1.61. The lowest BCUT2D eigenvalue weighted by Gasteiger charge is -2.05. The highest BCUT2D eigenvalue weighted by Gasteiger charge is 2.18. The Kier molecular flexibility index (Phi) is 3.16. The van der Waals surface area contributed by atoms with Gasteiger partial charge in [-0.1, -0.05) is 23.8 Å². The van der Waals surface area contributed by atoms with Crippen LogP contribution >= 0.6 is 0 Å². The van der Waals surface area contributed by atoms with E-state index in [9.17, 15) is 4.79 Å². The first-order valence-corrected chi connectivity index (χ1v) is 5.60. The molecule has 4 N–H and O–H groups in total. The number of H-pyrrole nitrogens is 1. The van der Waals surface area contributed by atoms with E-state index in [1.54, 1.807) is 6.20 Å². The minimum Gasteiger partial charge on any atom is -0.480 e. The molecule has 1 heterocycles. The summed E-state index contributed by atoms with van der Waals surface area (Å²) in [5.74, 6) is -0.839. The summed E-state index contributed by atoms with van der Waals surface area (Å²) in [6.45, 7) is 4.02. The number of carboxylic acids is 1. The lowest BCUT2D eigenvalue weighted by Crippen LogP contribution is -2.21. The number of nitrogens with zero attached hydrogens (tertiary/aromatic N) is 1. The van der Waals surface area contributed by atoms with Gasteiger partial charge in [-0.15, -0.1) is 0 Å². The van der Waals surface area contributed by atoms with Crippen LogP contribution in [0.15, 0.2) is 24.4 Å². The molecule has 0 aliphatic heterocycles. The zero-order chi connectivity index (χ0) is 13.3. The molecule has 2 rings (SSSR count). The molecule has 0 fully saturated rings. The molecule has 94 valence electrons. The van der Waals surface area contributed by atoms with Gasteiger partial charge in [0, 0.05) is 5.56 Å². The Bertz CT molecular complexity index is 590. The topological polar surface area (TPSA) is 92.0 Å². The van der Waals surface area contributed by atoms with E-state index in [0.717, 1.165) is 16.8 Å². The molecule has 1 aromatic heterocycles. The second-order valence-corrected chi connectivity index (χ2v) is 4.32. The minimum absolute atomic E-state index is 0.262. The van der Waals surface area contributed by atoms with E-state index < -0.39 is 12.0 Å². The Morgan fingerprint density at radius 3 is 2.78 bits per heavy atom. The van der Waals surface area contributed by atoms with Crippen molar-refractivity contribution in [1.29, 1.82) is 0 Å². The Balaban J connectivity index is 2.38. The van der Waals surface area contributed by atoms with E-state index in [-0.39, 0.29) is 5.82 Å². The highest BCUT2D eigenvalue weighted by molar-refractivity contribution is 5.74. The number of imidazole rings is 1. The SMILES string of the molecule is Cc1ccc(-c2cnc(C(N)C(=O)O)[nH]2)c(C)c1. The van der Waals surface area contributed by atoms with Gasteiger partial charge >= 0.3 is 5.97 Å². The number of aromatic amines is 1. The molecule has 5 nitrogen and oxygen atoms in total. The number of carbonyl (C=O) groups is 1. The van der Waals surface area contributed by atoms with Crippen LogP contribution in [0.1, 0.15) is 23.0 Å². The van der Waals surface area contributed by atoms with Crippen molar-refractivity contribution in [3.63, 3.8) is 0 Å². The summed E-state index contributed by atoms with van der Waals surface area (Å²) in [6, 6.07) is 4.92. The number of aliphatic carboxylic acids is 1. The van der Waals surface area contributed by atoms with E-state index in [4.69, 9.17) is 10.8 Å². The molecule has 0 spiro atoms. The summed E-state index contributed by atoms with van der Waals surface area (Å²) >= 11 is 0. The van der Waals surface area contributed by atoms with Crippen molar-refractivity contribution in [3.05, 3.63) is 41.3 Å². The molecule has 1 aromatic carbocycles. The quantitative estimate of drug-likeness (QED) is 0.768. The largest absolute Gasteiger partial charge is 0.480 e. The van der Waals surface area contributed by atoms with Crippen LogP contribution in [0.3, 0.4) is 0 Å². The summed E-state index contributed by atoms with van der Waals surface area (Å²) in [5.41, 5.74) is 9.56. The van der Waals surface area contributed by atoms with Crippen LogP contribution in [-0.2, 0) is 4.79 Å². The Morgan fingerprint density at radius 1 is 1.44 bits per heavy atom. The van der Waals surface area contributed by atoms with Gasteiger partial charge in [-0.2, -0.15) is 0 Å². The van der Waals surface area contributed by atoms with Crippen LogP contribution in [-0.4, -0.2) is 21.0 Å². The minimum atomic E-state index is -1.12. The maximum Gasteiger partial charge on any atom is 0.328 e. The van der Waals surface area contributed by atoms with Crippen LogP contribution in [0, 0.1) is 13.8 Å². The first-order valence-electron chi connectivity index (χ1n) is 5.60. The average molecular weight is 245 g/mol. The standard InChI is InChI=1S/C13H15N3O2/c1-7-3-4-9(8(2)5-7)10-6-15-12(16-10)11(14)13(17)18/h3-6,11H,14H2,1-2H3,(H,15,16)(H,17,18). The van der Waals surface area contributed by atoms with Crippen molar-refractivity contribution in [2.24, 2.45) is 5.73 Å².